The summed E-state index contributed by atoms with van der Waals surface area (Å²) in [5, 5.41) is 9.31. The first kappa shape index (κ1) is 12.8. The predicted molar refractivity (Wildman–Crippen MR) is 49.5 cm³/mol. The van der Waals surface area contributed by atoms with Gasteiger partial charge < -0.3 is 9.84 Å². The molecule has 0 aromatic carbocycles. The van der Waals surface area contributed by atoms with E-state index in [1.54, 1.807) is 0 Å². The summed E-state index contributed by atoms with van der Waals surface area (Å²) in [6.07, 6.45) is -2.18. The van der Waals surface area contributed by atoms with Gasteiger partial charge in [0.1, 0.15) is 0 Å². The second kappa shape index (κ2) is 5.70. The Hall–Kier alpha value is -0.290. The smallest absolute Gasteiger partial charge is 0.389 e. The van der Waals surface area contributed by atoms with Crippen molar-refractivity contribution in [1.82, 2.24) is 0 Å². The molecule has 1 rings (SSSR count). The molecular formula is C10H17F3O2. The molecule has 1 aliphatic carbocycles. The topological polar surface area (TPSA) is 29.5 Å². The van der Waals surface area contributed by atoms with E-state index in [1.165, 1.54) is 0 Å². The van der Waals surface area contributed by atoms with Gasteiger partial charge in [-0.05, 0) is 32.1 Å². The standard InChI is InChI=1S/C10H17F3O2/c11-10(12,13)5-2-6-15-9-4-1-3-8(14)7-9/h8-9,14H,1-7H2. The molecule has 90 valence electrons. The van der Waals surface area contributed by atoms with E-state index in [0.717, 1.165) is 19.3 Å². The molecule has 5 heteroatoms. The molecule has 0 amide bonds. The van der Waals surface area contributed by atoms with Gasteiger partial charge in [-0.3, -0.25) is 0 Å². The zero-order chi connectivity index (χ0) is 11.3. The summed E-state index contributed by atoms with van der Waals surface area (Å²) in [4.78, 5) is 0. The molecule has 1 aliphatic rings. The SMILES string of the molecule is OC1CCCC(OCCCC(F)(F)F)C1. The number of halogens is 3. The Morgan fingerprint density at radius 3 is 2.60 bits per heavy atom. The molecular weight excluding hydrogens is 209 g/mol. The van der Waals surface area contributed by atoms with E-state index in [9.17, 15) is 18.3 Å². The Morgan fingerprint density at radius 2 is 2.00 bits per heavy atom. The minimum absolute atomic E-state index is 0.0100. The van der Waals surface area contributed by atoms with Crippen molar-refractivity contribution in [2.75, 3.05) is 6.61 Å². The van der Waals surface area contributed by atoms with Gasteiger partial charge in [-0.15, -0.1) is 0 Å². The highest BCUT2D eigenvalue weighted by molar-refractivity contribution is 4.72. The highest BCUT2D eigenvalue weighted by Crippen LogP contribution is 2.23. The van der Waals surface area contributed by atoms with E-state index in [1.807, 2.05) is 0 Å². The summed E-state index contributed by atoms with van der Waals surface area (Å²) in [6.45, 7) is 0.136. The van der Waals surface area contributed by atoms with E-state index in [4.69, 9.17) is 4.74 Å². The Labute approximate surface area is 87.4 Å². The van der Waals surface area contributed by atoms with Crippen LogP contribution in [0.3, 0.4) is 0 Å². The molecule has 0 spiro atoms. The normalized spacial score (nSPS) is 28.0. The highest BCUT2D eigenvalue weighted by atomic mass is 19.4. The lowest BCUT2D eigenvalue weighted by Gasteiger charge is -2.26. The summed E-state index contributed by atoms with van der Waals surface area (Å²) in [5.41, 5.74) is 0. The summed E-state index contributed by atoms with van der Waals surface area (Å²) < 4.78 is 40.7. The molecule has 1 fully saturated rings. The van der Waals surface area contributed by atoms with Crippen molar-refractivity contribution >= 4 is 0 Å². The molecule has 15 heavy (non-hydrogen) atoms. The molecule has 2 unspecified atom stereocenters. The van der Waals surface area contributed by atoms with Crippen molar-refractivity contribution in [2.45, 2.75) is 56.9 Å². The molecule has 0 radical (unpaired) electrons. The van der Waals surface area contributed by atoms with Crippen LogP contribution in [0.25, 0.3) is 0 Å². The molecule has 0 aromatic heterocycles. The van der Waals surface area contributed by atoms with Gasteiger partial charge in [-0.25, -0.2) is 0 Å². The molecule has 0 aromatic rings. The van der Waals surface area contributed by atoms with Gasteiger partial charge >= 0.3 is 6.18 Å². The maximum absolute atomic E-state index is 11.8. The first-order chi connectivity index (χ1) is 6.97. The van der Waals surface area contributed by atoms with Gasteiger partial charge in [0.25, 0.3) is 0 Å². The van der Waals surface area contributed by atoms with Crippen molar-refractivity contribution in [3.63, 3.8) is 0 Å². The first-order valence-electron chi connectivity index (χ1n) is 5.34. The zero-order valence-electron chi connectivity index (χ0n) is 8.59. The predicted octanol–water partition coefficient (Wildman–Crippen LogP) is 2.65. The molecule has 1 N–H and O–H groups in total. The number of rotatable bonds is 4. The van der Waals surface area contributed by atoms with E-state index >= 15 is 0 Å². The van der Waals surface area contributed by atoms with Crippen LogP contribution in [-0.4, -0.2) is 30.1 Å². The molecule has 2 nitrogen and oxygen atoms in total. The third kappa shape index (κ3) is 5.99. The largest absolute Gasteiger partial charge is 0.393 e. The maximum Gasteiger partial charge on any atom is 0.389 e. The third-order valence-corrected chi connectivity index (χ3v) is 2.56. The Kier molecular flexibility index (Phi) is 4.86. The van der Waals surface area contributed by atoms with Crippen LogP contribution in [0.2, 0.25) is 0 Å². The molecule has 0 bridgehead atoms. The van der Waals surface area contributed by atoms with Crippen molar-refractivity contribution in [3.8, 4) is 0 Å². The molecule has 0 saturated heterocycles. The average molecular weight is 226 g/mol. The van der Waals surface area contributed by atoms with Crippen LogP contribution in [0.15, 0.2) is 0 Å². The van der Waals surface area contributed by atoms with Crippen LogP contribution in [-0.2, 0) is 4.74 Å². The van der Waals surface area contributed by atoms with E-state index in [-0.39, 0.29) is 25.2 Å². The summed E-state index contributed by atoms with van der Waals surface area (Å²) >= 11 is 0. The Bertz CT molecular complexity index is 182. The van der Waals surface area contributed by atoms with E-state index in [0.29, 0.717) is 6.42 Å². The van der Waals surface area contributed by atoms with Crippen LogP contribution >= 0.6 is 0 Å². The van der Waals surface area contributed by atoms with Gasteiger partial charge in [0.05, 0.1) is 12.2 Å². The third-order valence-electron chi connectivity index (χ3n) is 2.56. The van der Waals surface area contributed by atoms with Crippen molar-refractivity contribution < 1.29 is 23.0 Å². The van der Waals surface area contributed by atoms with Gasteiger partial charge in [-0.1, -0.05) is 0 Å². The lowest BCUT2D eigenvalue weighted by atomic mass is 9.95. The number of alkyl halides is 3. The van der Waals surface area contributed by atoms with Gasteiger partial charge in [-0.2, -0.15) is 13.2 Å². The van der Waals surface area contributed by atoms with Crippen LogP contribution in [0.4, 0.5) is 13.2 Å². The Morgan fingerprint density at radius 1 is 1.27 bits per heavy atom. The first-order valence-corrected chi connectivity index (χ1v) is 5.34. The van der Waals surface area contributed by atoms with Crippen LogP contribution in [0.1, 0.15) is 38.5 Å². The van der Waals surface area contributed by atoms with Crippen molar-refractivity contribution in [1.29, 1.82) is 0 Å². The molecule has 0 heterocycles. The maximum atomic E-state index is 11.8. The van der Waals surface area contributed by atoms with E-state index in [2.05, 4.69) is 0 Å². The van der Waals surface area contributed by atoms with Crippen LogP contribution in [0, 0.1) is 0 Å². The summed E-state index contributed by atoms with van der Waals surface area (Å²) in [7, 11) is 0. The fraction of sp³-hybridized carbons (Fsp3) is 1.00. The fourth-order valence-electron chi connectivity index (χ4n) is 1.79. The van der Waals surface area contributed by atoms with Crippen LogP contribution in [0.5, 0.6) is 0 Å². The Balaban J connectivity index is 2.04. The average Bonchev–Trinajstić information content (AvgIpc) is 2.11. The van der Waals surface area contributed by atoms with Crippen molar-refractivity contribution in [2.24, 2.45) is 0 Å². The van der Waals surface area contributed by atoms with Gasteiger partial charge in [0, 0.05) is 13.0 Å². The van der Waals surface area contributed by atoms with Gasteiger partial charge in [0.15, 0.2) is 0 Å². The number of aliphatic hydroxyl groups is 1. The van der Waals surface area contributed by atoms with Gasteiger partial charge in [0.2, 0.25) is 0 Å². The second-order valence-corrected chi connectivity index (χ2v) is 4.03. The molecule has 2 atom stereocenters. The summed E-state index contributed by atoms with van der Waals surface area (Å²) in [5.74, 6) is 0. The summed E-state index contributed by atoms with van der Waals surface area (Å²) in [6, 6.07) is 0. The van der Waals surface area contributed by atoms with E-state index < -0.39 is 12.6 Å². The number of ether oxygens (including phenoxy) is 1. The quantitative estimate of drug-likeness (QED) is 0.747. The zero-order valence-corrected chi connectivity index (χ0v) is 8.59. The monoisotopic (exact) mass is 226 g/mol. The number of aliphatic hydroxyl groups excluding tert-OH is 1. The number of hydrogen-bond donors (Lipinski definition) is 1. The molecule has 1 saturated carbocycles. The lowest BCUT2D eigenvalue weighted by Crippen LogP contribution is -2.26. The number of hydrogen-bond acceptors (Lipinski definition) is 2. The van der Waals surface area contributed by atoms with Crippen LogP contribution < -0.4 is 0 Å². The highest BCUT2D eigenvalue weighted by Gasteiger charge is 2.26. The fourth-order valence-corrected chi connectivity index (χ4v) is 1.79. The minimum atomic E-state index is -4.09. The lowest BCUT2D eigenvalue weighted by molar-refractivity contribution is -0.139. The van der Waals surface area contributed by atoms with Crippen molar-refractivity contribution in [3.05, 3.63) is 0 Å². The molecule has 0 aliphatic heterocycles. The minimum Gasteiger partial charge on any atom is -0.393 e. The second-order valence-electron chi connectivity index (χ2n) is 4.03.